The summed E-state index contributed by atoms with van der Waals surface area (Å²) >= 11 is 0. The van der Waals surface area contributed by atoms with Crippen molar-refractivity contribution in [3.05, 3.63) is 47.4 Å². The van der Waals surface area contributed by atoms with Gasteiger partial charge in [0.2, 0.25) is 5.89 Å². The molecule has 2 rings (SSSR count). The summed E-state index contributed by atoms with van der Waals surface area (Å²) in [6.07, 6.45) is 2.76. The van der Waals surface area contributed by atoms with Crippen LogP contribution in [0.5, 0.6) is 5.75 Å². The van der Waals surface area contributed by atoms with Crippen LogP contribution >= 0.6 is 0 Å². The summed E-state index contributed by atoms with van der Waals surface area (Å²) in [6, 6.07) is 4.23. The minimum Gasteiger partial charge on any atom is -0.480 e. The zero-order valence-corrected chi connectivity index (χ0v) is 11.2. The molecule has 0 fully saturated rings. The Kier molecular flexibility index (Phi) is 4.65. The number of nitrogens with zero attached hydrogens (tertiary/aromatic N) is 2. The van der Waals surface area contributed by atoms with Crippen molar-refractivity contribution < 1.29 is 23.4 Å². The number of hydrogen-bond donors (Lipinski definition) is 1. The van der Waals surface area contributed by atoms with E-state index >= 15 is 0 Å². The number of carboxylic acids is 1. The number of para-hydroxylation sites is 1. The first-order chi connectivity index (χ1) is 10.1. The number of hydrogen-bond acceptors (Lipinski definition) is 5. The van der Waals surface area contributed by atoms with E-state index in [1.54, 1.807) is 6.07 Å². The lowest BCUT2D eigenvalue weighted by Crippen LogP contribution is -2.00. The molecule has 0 saturated heterocycles. The minimum atomic E-state index is -1.13. The predicted octanol–water partition coefficient (Wildman–Crippen LogP) is 2.45. The first kappa shape index (κ1) is 14.7. The molecule has 1 aromatic carbocycles. The van der Waals surface area contributed by atoms with E-state index in [0.29, 0.717) is 17.9 Å². The van der Waals surface area contributed by atoms with E-state index in [2.05, 4.69) is 10.2 Å². The van der Waals surface area contributed by atoms with Gasteiger partial charge in [0.05, 0.1) is 0 Å². The van der Waals surface area contributed by atoms with Crippen molar-refractivity contribution >= 4 is 12.0 Å². The van der Waals surface area contributed by atoms with Gasteiger partial charge in [-0.3, -0.25) is 0 Å². The van der Waals surface area contributed by atoms with Crippen LogP contribution < -0.4 is 4.74 Å². The van der Waals surface area contributed by atoms with Crippen LogP contribution in [-0.4, -0.2) is 21.3 Å². The topological polar surface area (TPSA) is 85.5 Å². The van der Waals surface area contributed by atoms with Gasteiger partial charge in [-0.25, -0.2) is 9.18 Å². The van der Waals surface area contributed by atoms with Crippen molar-refractivity contribution in [2.24, 2.45) is 0 Å². The highest BCUT2D eigenvalue weighted by atomic mass is 19.1. The second-order valence-electron chi connectivity index (χ2n) is 4.06. The SMILES string of the molecule is CCc1nnc(COc2c(F)cccc2/C=C/C(=O)O)o1. The van der Waals surface area contributed by atoms with E-state index in [9.17, 15) is 9.18 Å². The van der Waals surface area contributed by atoms with Gasteiger partial charge in [-0.1, -0.05) is 19.1 Å². The van der Waals surface area contributed by atoms with Crippen molar-refractivity contribution in [1.82, 2.24) is 10.2 Å². The Balaban J connectivity index is 2.16. The Morgan fingerprint density at radius 1 is 1.43 bits per heavy atom. The molecular weight excluding hydrogens is 279 g/mol. The number of carboxylic acid groups (broad SMARTS) is 1. The molecule has 0 unspecified atom stereocenters. The fourth-order valence-corrected chi connectivity index (χ4v) is 1.59. The summed E-state index contributed by atoms with van der Waals surface area (Å²) in [5.41, 5.74) is 0.313. The Morgan fingerprint density at radius 3 is 2.86 bits per heavy atom. The Bertz CT molecular complexity index is 667. The Morgan fingerprint density at radius 2 is 2.19 bits per heavy atom. The maximum atomic E-state index is 13.8. The normalized spacial score (nSPS) is 11.0. The van der Waals surface area contributed by atoms with Gasteiger partial charge in [0.15, 0.2) is 18.2 Å². The summed E-state index contributed by atoms with van der Waals surface area (Å²) in [6.45, 7) is 1.77. The maximum absolute atomic E-state index is 13.8. The van der Waals surface area contributed by atoms with E-state index in [4.69, 9.17) is 14.3 Å². The molecule has 7 heteroatoms. The molecule has 0 aliphatic carbocycles. The minimum absolute atomic E-state index is 0.0637. The molecule has 110 valence electrons. The molecule has 0 bridgehead atoms. The average Bonchev–Trinajstić information content (AvgIpc) is 2.92. The van der Waals surface area contributed by atoms with Gasteiger partial charge in [0, 0.05) is 18.1 Å². The van der Waals surface area contributed by atoms with E-state index in [0.717, 1.165) is 6.08 Å². The van der Waals surface area contributed by atoms with Crippen LogP contribution in [0.4, 0.5) is 4.39 Å². The molecule has 0 amide bonds. The van der Waals surface area contributed by atoms with Gasteiger partial charge in [-0.2, -0.15) is 0 Å². The third kappa shape index (κ3) is 3.88. The number of aliphatic carboxylic acids is 1. The number of halogens is 1. The molecule has 0 saturated carbocycles. The van der Waals surface area contributed by atoms with E-state index < -0.39 is 11.8 Å². The second-order valence-corrected chi connectivity index (χ2v) is 4.06. The molecule has 0 radical (unpaired) electrons. The number of ether oxygens (including phenoxy) is 1. The lowest BCUT2D eigenvalue weighted by atomic mass is 10.2. The lowest BCUT2D eigenvalue weighted by molar-refractivity contribution is -0.131. The standard InChI is InChI=1S/C14H13FN2O4/c1-2-11-16-17-12(21-11)8-20-14-9(6-7-13(18)19)4-3-5-10(14)15/h3-7H,2,8H2,1H3,(H,18,19)/b7-6+. The molecule has 0 spiro atoms. The highest BCUT2D eigenvalue weighted by molar-refractivity contribution is 5.85. The monoisotopic (exact) mass is 292 g/mol. The highest BCUT2D eigenvalue weighted by Gasteiger charge is 2.11. The number of aryl methyl sites for hydroxylation is 1. The van der Waals surface area contributed by atoms with E-state index in [1.165, 1.54) is 18.2 Å². The predicted molar refractivity (Wildman–Crippen MR) is 71.1 cm³/mol. The number of rotatable bonds is 6. The summed E-state index contributed by atoms with van der Waals surface area (Å²) < 4.78 is 24.4. The summed E-state index contributed by atoms with van der Waals surface area (Å²) in [4.78, 5) is 10.5. The van der Waals surface area contributed by atoms with Crippen LogP contribution in [0, 0.1) is 5.82 Å². The molecule has 0 aliphatic heterocycles. The largest absolute Gasteiger partial charge is 0.480 e. The summed E-state index contributed by atoms with van der Waals surface area (Å²) in [5, 5.41) is 16.1. The van der Waals surface area contributed by atoms with Crippen LogP contribution in [0.25, 0.3) is 6.08 Å². The fraction of sp³-hybridized carbons (Fsp3) is 0.214. The summed E-state index contributed by atoms with van der Waals surface area (Å²) in [7, 11) is 0. The third-order valence-corrected chi connectivity index (χ3v) is 2.55. The van der Waals surface area contributed by atoms with Gasteiger partial charge < -0.3 is 14.3 Å². The highest BCUT2D eigenvalue weighted by Crippen LogP contribution is 2.25. The van der Waals surface area contributed by atoms with E-state index in [1.807, 2.05) is 6.92 Å². The first-order valence-corrected chi connectivity index (χ1v) is 6.23. The van der Waals surface area contributed by atoms with Gasteiger partial charge in [0.25, 0.3) is 5.89 Å². The van der Waals surface area contributed by atoms with Crippen molar-refractivity contribution in [2.75, 3.05) is 0 Å². The van der Waals surface area contributed by atoms with Crippen LogP contribution in [-0.2, 0) is 17.8 Å². The Hall–Kier alpha value is -2.70. The molecular formula is C14H13FN2O4. The van der Waals surface area contributed by atoms with Gasteiger partial charge in [0.1, 0.15) is 0 Å². The molecule has 1 heterocycles. The average molecular weight is 292 g/mol. The third-order valence-electron chi connectivity index (χ3n) is 2.55. The van der Waals surface area contributed by atoms with Crippen LogP contribution in [0.3, 0.4) is 0 Å². The zero-order valence-electron chi connectivity index (χ0n) is 11.2. The van der Waals surface area contributed by atoms with Gasteiger partial charge in [-0.15, -0.1) is 10.2 Å². The van der Waals surface area contributed by atoms with Crippen molar-refractivity contribution in [1.29, 1.82) is 0 Å². The van der Waals surface area contributed by atoms with Crippen LogP contribution in [0.15, 0.2) is 28.7 Å². The lowest BCUT2D eigenvalue weighted by Gasteiger charge is -2.08. The molecule has 2 aromatic rings. The molecule has 0 aliphatic rings. The number of aromatic nitrogens is 2. The summed E-state index contributed by atoms with van der Waals surface area (Å²) in [5.74, 6) is -1.10. The van der Waals surface area contributed by atoms with Crippen molar-refractivity contribution in [3.63, 3.8) is 0 Å². The first-order valence-electron chi connectivity index (χ1n) is 6.23. The zero-order chi connectivity index (χ0) is 15.2. The van der Waals surface area contributed by atoms with Crippen molar-refractivity contribution in [3.8, 4) is 5.75 Å². The van der Waals surface area contributed by atoms with Crippen LogP contribution in [0.1, 0.15) is 24.3 Å². The molecule has 21 heavy (non-hydrogen) atoms. The Labute approximate surface area is 119 Å². The molecule has 1 aromatic heterocycles. The number of carbonyl (C=O) groups is 1. The van der Waals surface area contributed by atoms with E-state index in [-0.39, 0.29) is 18.2 Å². The molecule has 1 N–H and O–H groups in total. The van der Waals surface area contributed by atoms with Crippen molar-refractivity contribution in [2.45, 2.75) is 20.0 Å². The second kappa shape index (κ2) is 6.65. The smallest absolute Gasteiger partial charge is 0.328 e. The molecule has 6 nitrogen and oxygen atoms in total. The maximum Gasteiger partial charge on any atom is 0.328 e. The van der Waals surface area contributed by atoms with Crippen LogP contribution in [0.2, 0.25) is 0 Å². The molecule has 0 atom stereocenters. The quantitative estimate of drug-likeness (QED) is 0.823. The fourth-order valence-electron chi connectivity index (χ4n) is 1.59. The van der Waals surface area contributed by atoms with Gasteiger partial charge in [-0.05, 0) is 12.1 Å². The number of benzene rings is 1. The van der Waals surface area contributed by atoms with Gasteiger partial charge >= 0.3 is 5.97 Å².